The molecular weight excluding hydrogens is 415 g/mol. The molecule has 0 atom stereocenters. The van der Waals surface area contributed by atoms with Crippen LogP contribution in [-0.2, 0) is 0 Å². The number of hydrogen-bond acceptors (Lipinski definition) is 5. The van der Waals surface area contributed by atoms with Crippen molar-refractivity contribution in [3.05, 3.63) is 33.5 Å². The standard InChI is InChI=1S/C15H15IN2O3S/c1-2-3-6-21-13-5-4-9(7-10(13)16)11-8-12(14(19)20)18-15(22)17-11/h4-5,7-8H,2-3,6H2,1H3,(H,19,20)(H,17,18,22). The topological polar surface area (TPSA) is 72.3 Å². The summed E-state index contributed by atoms with van der Waals surface area (Å²) in [5, 5.41) is 9.19. The Labute approximate surface area is 147 Å². The van der Waals surface area contributed by atoms with E-state index in [2.05, 4.69) is 52.1 Å². The van der Waals surface area contributed by atoms with E-state index in [1.807, 2.05) is 18.2 Å². The summed E-state index contributed by atoms with van der Waals surface area (Å²) in [6.45, 7) is 2.80. The molecular formula is C15H15IN2O3S. The lowest BCUT2D eigenvalue weighted by Crippen LogP contribution is -2.03. The summed E-state index contributed by atoms with van der Waals surface area (Å²) >= 11 is 6.25. The van der Waals surface area contributed by atoms with E-state index in [0.717, 1.165) is 27.7 Å². The zero-order valence-corrected chi connectivity index (χ0v) is 15.0. The highest BCUT2D eigenvalue weighted by molar-refractivity contribution is 14.1. The molecule has 0 aliphatic rings. The first kappa shape index (κ1) is 17.0. The fraction of sp³-hybridized carbons (Fsp3) is 0.267. The van der Waals surface area contributed by atoms with Crippen LogP contribution >= 0.6 is 35.2 Å². The van der Waals surface area contributed by atoms with Crippen molar-refractivity contribution in [2.24, 2.45) is 0 Å². The van der Waals surface area contributed by atoms with Gasteiger partial charge in [-0.15, -0.1) is 12.6 Å². The largest absolute Gasteiger partial charge is 0.492 e. The van der Waals surface area contributed by atoms with Gasteiger partial charge in [-0.2, -0.15) is 0 Å². The Hall–Kier alpha value is -1.35. The lowest BCUT2D eigenvalue weighted by Gasteiger charge is -2.09. The van der Waals surface area contributed by atoms with Crippen LogP contribution in [0.3, 0.4) is 0 Å². The first-order valence-corrected chi connectivity index (χ1v) is 8.28. The van der Waals surface area contributed by atoms with E-state index in [9.17, 15) is 4.79 Å². The number of halogens is 1. The molecule has 0 saturated carbocycles. The third-order valence-electron chi connectivity index (χ3n) is 2.92. The minimum atomic E-state index is -1.10. The molecule has 1 heterocycles. The van der Waals surface area contributed by atoms with E-state index in [1.54, 1.807) is 0 Å². The molecule has 0 saturated heterocycles. The molecule has 0 amide bonds. The summed E-state index contributed by atoms with van der Waals surface area (Å²) < 4.78 is 6.65. The first-order valence-electron chi connectivity index (χ1n) is 6.75. The van der Waals surface area contributed by atoms with Crippen LogP contribution in [0.5, 0.6) is 5.75 Å². The number of thiol groups is 1. The molecule has 22 heavy (non-hydrogen) atoms. The first-order chi connectivity index (χ1) is 10.5. The molecule has 2 rings (SSSR count). The summed E-state index contributed by atoms with van der Waals surface area (Å²) in [6.07, 6.45) is 2.09. The van der Waals surface area contributed by atoms with Crippen LogP contribution in [0.2, 0.25) is 0 Å². The Balaban J connectivity index is 2.30. The highest BCUT2D eigenvalue weighted by Gasteiger charge is 2.11. The Bertz CT molecular complexity index is 694. The van der Waals surface area contributed by atoms with Crippen LogP contribution in [0.4, 0.5) is 0 Å². The number of rotatable bonds is 6. The number of carbonyl (C=O) groups is 1. The Morgan fingerprint density at radius 3 is 2.77 bits per heavy atom. The zero-order valence-electron chi connectivity index (χ0n) is 11.9. The molecule has 2 aromatic rings. The highest BCUT2D eigenvalue weighted by Crippen LogP contribution is 2.28. The molecule has 0 aliphatic carbocycles. The van der Waals surface area contributed by atoms with Crippen LogP contribution in [0, 0.1) is 3.57 Å². The number of nitrogens with zero attached hydrogens (tertiary/aromatic N) is 2. The monoisotopic (exact) mass is 430 g/mol. The minimum Gasteiger partial charge on any atom is -0.492 e. The fourth-order valence-corrected chi connectivity index (χ4v) is 2.68. The van der Waals surface area contributed by atoms with Gasteiger partial charge in [-0.1, -0.05) is 13.3 Å². The normalized spacial score (nSPS) is 10.5. The third-order valence-corrected chi connectivity index (χ3v) is 3.96. The van der Waals surface area contributed by atoms with Gasteiger partial charge in [-0.05, 0) is 53.3 Å². The quantitative estimate of drug-likeness (QED) is 0.315. The summed E-state index contributed by atoms with van der Waals surface area (Å²) in [5.41, 5.74) is 1.25. The second kappa shape index (κ2) is 7.77. The van der Waals surface area contributed by atoms with Crippen molar-refractivity contribution in [2.45, 2.75) is 24.9 Å². The summed E-state index contributed by atoms with van der Waals surface area (Å²) in [4.78, 5) is 19.0. The Morgan fingerprint density at radius 1 is 1.36 bits per heavy atom. The number of aromatic nitrogens is 2. The van der Waals surface area contributed by atoms with Gasteiger partial charge in [0.2, 0.25) is 0 Å². The van der Waals surface area contributed by atoms with Gasteiger partial charge in [0.1, 0.15) is 5.75 Å². The van der Waals surface area contributed by atoms with Crippen LogP contribution in [0.1, 0.15) is 30.3 Å². The predicted molar refractivity (Wildman–Crippen MR) is 94.8 cm³/mol. The van der Waals surface area contributed by atoms with E-state index in [4.69, 9.17) is 9.84 Å². The van der Waals surface area contributed by atoms with Gasteiger partial charge in [0.15, 0.2) is 10.9 Å². The number of ether oxygens (including phenoxy) is 1. The average Bonchev–Trinajstić information content (AvgIpc) is 2.48. The summed E-state index contributed by atoms with van der Waals surface area (Å²) in [7, 11) is 0. The minimum absolute atomic E-state index is 0.0757. The van der Waals surface area contributed by atoms with Crippen molar-refractivity contribution in [3.63, 3.8) is 0 Å². The van der Waals surface area contributed by atoms with Crippen molar-refractivity contribution < 1.29 is 14.6 Å². The predicted octanol–water partition coefficient (Wildman–Crippen LogP) is 3.91. The van der Waals surface area contributed by atoms with E-state index in [1.165, 1.54) is 6.07 Å². The van der Waals surface area contributed by atoms with Crippen LogP contribution in [-0.4, -0.2) is 27.7 Å². The third kappa shape index (κ3) is 4.33. The summed E-state index contributed by atoms with van der Waals surface area (Å²) in [6, 6.07) is 7.06. The van der Waals surface area contributed by atoms with Gasteiger partial charge in [-0.25, -0.2) is 14.8 Å². The average molecular weight is 430 g/mol. The van der Waals surface area contributed by atoms with E-state index >= 15 is 0 Å². The molecule has 0 unspecified atom stereocenters. The van der Waals surface area contributed by atoms with Crippen LogP contribution in [0.25, 0.3) is 11.3 Å². The van der Waals surface area contributed by atoms with Gasteiger partial charge in [0.25, 0.3) is 0 Å². The molecule has 7 heteroatoms. The zero-order chi connectivity index (χ0) is 16.1. The van der Waals surface area contributed by atoms with Gasteiger partial charge < -0.3 is 9.84 Å². The number of unbranched alkanes of at least 4 members (excludes halogenated alkanes) is 1. The maximum Gasteiger partial charge on any atom is 0.354 e. The van der Waals surface area contributed by atoms with Crippen molar-refractivity contribution in [2.75, 3.05) is 6.61 Å². The molecule has 0 fully saturated rings. The maximum atomic E-state index is 11.1. The molecule has 0 bridgehead atoms. The molecule has 116 valence electrons. The van der Waals surface area contributed by atoms with E-state index < -0.39 is 5.97 Å². The number of carboxylic acid groups (broad SMARTS) is 1. The smallest absolute Gasteiger partial charge is 0.354 e. The Morgan fingerprint density at radius 2 is 2.14 bits per heavy atom. The molecule has 1 aromatic carbocycles. The van der Waals surface area contributed by atoms with Crippen LogP contribution in [0.15, 0.2) is 29.4 Å². The molecule has 1 N–H and O–H groups in total. The number of hydrogen-bond donors (Lipinski definition) is 2. The van der Waals surface area contributed by atoms with Gasteiger partial charge in [0.05, 0.1) is 15.9 Å². The second-order valence-corrected chi connectivity index (χ2v) is 6.15. The number of benzene rings is 1. The molecule has 5 nitrogen and oxygen atoms in total. The van der Waals surface area contributed by atoms with Gasteiger partial charge >= 0.3 is 5.97 Å². The lowest BCUT2D eigenvalue weighted by molar-refractivity contribution is 0.0689. The lowest BCUT2D eigenvalue weighted by atomic mass is 10.1. The van der Waals surface area contributed by atoms with Crippen molar-refractivity contribution in [1.29, 1.82) is 0 Å². The Kier molecular flexibility index (Phi) is 6.01. The van der Waals surface area contributed by atoms with Gasteiger partial charge in [-0.3, -0.25) is 0 Å². The second-order valence-electron chi connectivity index (χ2n) is 4.59. The van der Waals surface area contributed by atoms with Gasteiger partial charge in [0, 0.05) is 5.56 Å². The molecule has 1 aromatic heterocycles. The fourth-order valence-electron chi connectivity index (χ4n) is 1.80. The molecule has 0 radical (unpaired) electrons. The number of aromatic carboxylic acids is 1. The van der Waals surface area contributed by atoms with Crippen molar-refractivity contribution in [3.8, 4) is 17.0 Å². The summed E-state index contributed by atoms with van der Waals surface area (Å²) in [5.74, 6) is -0.287. The highest BCUT2D eigenvalue weighted by atomic mass is 127. The number of carboxylic acids is 1. The van der Waals surface area contributed by atoms with Crippen molar-refractivity contribution >= 4 is 41.2 Å². The molecule has 0 spiro atoms. The van der Waals surface area contributed by atoms with Crippen LogP contribution < -0.4 is 4.74 Å². The molecule has 0 aliphatic heterocycles. The van der Waals surface area contributed by atoms with E-state index in [-0.39, 0.29) is 10.9 Å². The van der Waals surface area contributed by atoms with Crippen molar-refractivity contribution in [1.82, 2.24) is 9.97 Å². The maximum absolute atomic E-state index is 11.1. The SMILES string of the molecule is CCCCOc1ccc(-c2cc(C(=O)O)nc(S)n2)cc1I. The van der Waals surface area contributed by atoms with E-state index in [0.29, 0.717) is 12.3 Å².